The number of piperazine rings is 1. The molecule has 0 aliphatic carbocycles. The number of piperidine rings is 1. The zero-order valence-electron chi connectivity index (χ0n) is 20.4. The van der Waals surface area contributed by atoms with Gasteiger partial charge in [0.15, 0.2) is 0 Å². The van der Waals surface area contributed by atoms with Crippen molar-refractivity contribution < 1.29 is 23.5 Å². The minimum atomic E-state index is -1.27. The molecule has 0 bridgehead atoms. The maximum atomic E-state index is 15.4. The number of benzene rings is 1. The smallest absolute Gasteiger partial charge is 0.410 e. The third-order valence-electron chi connectivity index (χ3n) is 6.39. The van der Waals surface area contributed by atoms with Gasteiger partial charge >= 0.3 is 12.2 Å². The fraction of sp³-hybridized carbons (Fsp3) is 0.680. The van der Waals surface area contributed by atoms with Crippen molar-refractivity contribution in [2.45, 2.75) is 70.9 Å². The van der Waals surface area contributed by atoms with E-state index in [1.165, 1.54) is 0 Å². The molecule has 2 aliphatic heterocycles. The van der Waals surface area contributed by atoms with Gasteiger partial charge in [-0.2, -0.15) is 0 Å². The Morgan fingerprint density at radius 1 is 1.03 bits per heavy atom. The Labute approximate surface area is 196 Å². The summed E-state index contributed by atoms with van der Waals surface area (Å²) in [4.78, 5) is 30.2. The molecule has 1 aromatic carbocycles. The molecule has 7 nitrogen and oxygen atoms in total. The summed E-state index contributed by atoms with van der Waals surface area (Å²) in [6.07, 6.45) is 0.409. The Kier molecular flexibility index (Phi) is 8.21. The Balaban J connectivity index is 1.39. The summed E-state index contributed by atoms with van der Waals surface area (Å²) in [5.74, 6) is 0. The van der Waals surface area contributed by atoms with Crippen LogP contribution in [0.25, 0.3) is 0 Å². The maximum absolute atomic E-state index is 15.4. The Morgan fingerprint density at radius 3 is 2.30 bits per heavy atom. The van der Waals surface area contributed by atoms with Crippen molar-refractivity contribution >= 4 is 12.2 Å². The average molecular weight is 464 g/mol. The molecule has 0 saturated carbocycles. The third kappa shape index (κ3) is 7.59. The first-order chi connectivity index (χ1) is 15.5. The number of hydrogen-bond acceptors (Lipinski definition) is 5. The summed E-state index contributed by atoms with van der Waals surface area (Å²) in [6, 6.07) is 9.76. The largest absolute Gasteiger partial charge is 0.445 e. The van der Waals surface area contributed by atoms with Crippen molar-refractivity contribution in [2.24, 2.45) is 0 Å². The van der Waals surface area contributed by atoms with Gasteiger partial charge in [-0.3, -0.25) is 4.90 Å². The van der Waals surface area contributed by atoms with Crippen LogP contribution in [0.3, 0.4) is 0 Å². The van der Waals surface area contributed by atoms with Gasteiger partial charge in [0.25, 0.3) is 0 Å². The molecule has 8 heteroatoms. The fourth-order valence-corrected chi connectivity index (χ4v) is 4.31. The first-order valence-electron chi connectivity index (χ1n) is 11.9. The highest BCUT2D eigenvalue weighted by Gasteiger charge is 2.38. The van der Waals surface area contributed by atoms with Gasteiger partial charge < -0.3 is 19.3 Å². The molecular weight excluding hydrogens is 425 g/mol. The van der Waals surface area contributed by atoms with E-state index in [-0.39, 0.29) is 24.8 Å². The van der Waals surface area contributed by atoms with Gasteiger partial charge in [0.05, 0.1) is 0 Å². The molecule has 2 aliphatic rings. The lowest BCUT2D eigenvalue weighted by Crippen LogP contribution is -2.55. The SMILES string of the molecule is C[C@H]1CN(C(=O)OCc2ccccc2)CCN1CCC1(F)CCN(C(=O)OC(C)(C)C)CC1. The summed E-state index contributed by atoms with van der Waals surface area (Å²) >= 11 is 0. The molecule has 33 heavy (non-hydrogen) atoms. The normalized spacial score (nSPS) is 21.5. The van der Waals surface area contributed by atoms with Gasteiger partial charge in [-0.1, -0.05) is 30.3 Å². The molecule has 0 unspecified atom stereocenters. The van der Waals surface area contributed by atoms with E-state index < -0.39 is 11.3 Å². The van der Waals surface area contributed by atoms with E-state index in [0.717, 1.165) is 5.56 Å². The van der Waals surface area contributed by atoms with E-state index in [1.807, 2.05) is 51.1 Å². The Bertz CT molecular complexity index is 791. The molecule has 2 heterocycles. The Morgan fingerprint density at radius 2 is 1.70 bits per heavy atom. The van der Waals surface area contributed by atoms with Gasteiger partial charge in [0, 0.05) is 45.3 Å². The maximum Gasteiger partial charge on any atom is 0.410 e. The van der Waals surface area contributed by atoms with E-state index in [2.05, 4.69) is 11.8 Å². The molecule has 0 radical (unpaired) electrons. The molecule has 1 atom stereocenters. The minimum absolute atomic E-state index is 0.133. The van der Waals surface area contributed by atoms with Gasteiger partial charge in [-0.05, 0) is 52.5 Å². The van der Waals surface area contributed by atoms with E-state index in [4.69, 9.17) is 9.47 Å². The first-order valence-corrected chi connectivity index (χ1v) is 11.9. The second kappa shape index (κ2) is 10.7. The second-order valence-electron chi connectivity index (χ2n) is 10.2. The number of hydrogen-bond donors (Lipinski definition) is 0. The molecular formula is C25H38FN3O4. The second-order valence-corrected chi connectivity index (χ2v) is 10.2. The van der Waals surface area contributed by atoms with E-state index in [9.17, 15) is 9.59 Å². The number of ether oxygens (including phenoxy) is 2. The van der Waals surface area contributed by atoms with Gasteiger partial charge in [0.2, 0.25) is 0 Å². The van der Waals surface area contributed by atoms with Crippen molar-refractivity contribution in [3.05, 3.63) is 35.9 Å². The summed E-state index contributed by atoms with van der Waals surface area (Å²) < 4.78 is 26.3. The molecule has 2 amide bonds. The molecule has 2 fully saturated rings. The molecule has 184 valence electrons. The minimum Gasteiger partial charge on any atom is -0.445 e. The number of rotatable bonds is 5. The summed E-state index contributed by atoms with van der Waals surface area (Å²) in [5, 5.41) is 0. The van der Waals surface area contributed by atoms with Crippen LogP contribution in [-0.4, -0.2) is 83.5 Å². The van der Waals surface area contributed by atoms with Crippen molar-refractivity contribution in [3.63, 3.8) is 0 Å². The van der Waals surface area contributed by atoms with Crippen LogP contribution in [0, 0.1) is 0 Å². The van der Waals surface area contributed by atoms with Crippen molar-refractivity contribution in [1.29, 1.82) is 0 Å². The number of alkyl halides is 1. The van der Waals surface area contributed by atoms with Gasteiger partial charge in [0.1, 0.15) is 17.9 Å². The monoisotopic (exact) mass is 463 g/mol. The number of likely N-dealkylation sites (tertiary alicyclic amines) is 1. The summed E-state index contributed by atoms with van der Waals surface area (Å²) in [5.41, 5.74) is -0.860. The van der Waals surface area contributed by atoms with Crippen LogP contribution in [0.4, 0.5) is 14.0 Å². The number of nitrogens with zero attached hydrogens (tertiary/aromatic N) is 3. The van der Waals surface area contributed by atoms with Gasteiger partial charge in [-0.25, -0.2) is 14.0 Å². The van der Waals surface area contributed by atoms with Crippen molar-refractivity contribution in [1.82, 2.24) is 14.7 Å². The number of carbonyl (C=O) groups is 2. The first kappa shape index (κ1) is 25.3. The number of halogens is 1. The van der Waals surface area contributed by atoms with Crippen LogP contribution in [0.1, 0.15) is 52.5 Å². The lowest BCUT2D eigenvalue weighted by molar-refractivity contribution is -0.00480. The molecule has 1 aromatic rings. The Hall–Kier alpha value is -2.35. The molecule has 0 spiro atoms. The molecule has 0 N–H and O–H groups in total. The highest BCUT2D eigenvalue weighted by atomic mass is 19.1. The zero-order valence-corrected chi connectivity index (χ0v) is 20.4. The van der Waals surface area contributed by atoms with E-state index in [1.54, 1.807) is 9.80 Å². The molecule has 3 rings (SSSR count). The predicted octanol–water partition coefficient (Wildman–Crippen LogP) is 4.46. The third-order valence-corrected chi connectivity index (χ3v) is 6.39. The van der Waals surface area contributed by atoms with Crippen LogP contribution in [0.15, 0.2) is 30.3 Å². The average Bonchev–Trinajstić information content (AvgIpc) is 2.76. The van der Waals surface area contributed by atoms with Crippen LogP contribution >= 0.6 is 0 Å². The summed E-state index contributed by atoms with van der Waals surface area (Å²) in [7, 11) is 0. The summed E-state index contributed by atoms with van der Waals surface area (Å²) in [6.45, 7) is 11.0. The van der Waals surface area contributed by atoms with Crippen LogP contribution in [-0.2, 0) is 16.1 Å². The quantitative estimate of drug-likeness (QED) is 0.645. The molecule has 2 saturated heterocycles. The zero-order chi connectivity index (χ0) is 24.1. The van der Waals surface area contributed by atoms with E-state index in [0.29, 0.717) is 58.5 Å². The van der Waals surface area contributed by atoms with Crippen molar-refractivity contribution in [3.8, 4) is 0 Å². The lowest BCUT2D eigenvalue weighted by Gasteiger charge is -2.42. The highest BCUT2D eigenvalue weighted by molar-refractivity contribution is 5.68. The van der Waals surface area contributed by atoms with Gasteiger partial charge in [-0.15, -0.1) is 0 Å². The number of amides is 2. The van der Waals surface area contributed by atoms with Crippen LogP contribution < -0.4 is 0 Å². The lowest BCUT2D eigenvalue weighted by atomic mass is 9.89. The topological polar surface area (TPSA) is 62.3 Å². The standard InChI is InChI=1S/C25H38FN3O4/c1-20-18-29(22(30)32-19-21-8-6-5-7-9-21)17-16-27(20)13-10-25(26)11-14-28(15-12-25)23(31)33-24(2,3)4/h5-9,20H,10-19H2,1-4H3/t20-/m0/s1. The van der Waals surface area contributed by atoms with Crippen LogP contribution in [0.2, 0.25) is 0 Å². The van der Waals surface area contributed by atoms with Crippen molar-refractivity contribution in [2.75, 3.05) is 39.3 Å². The fourth-order valence-electron chi connectivity index (χ4n) is 4.31. The number of carbonyl (C=O) groups excluding carboxylic acids is 2. The van der Waals surface area contributed by atoms with Crippen LogP contribution in [0.5, 0.6) is 0 Å². The molecule has 0 aromatic heterocycles. The van der Waals surface area contributed by atoms with E-state index >= 15 is 4.39 Å². The highest BCUT2D eigenvalue weighted by Crippen LogP contribution is 2.31. The predicted molar refractivity (Wildman–Crippen MR) is 125 cm³/mol.